The molecule has 0 heterocycles. The lowest BCUT2D eigenvalue weighted by molar-refractivity contribution is -0.0617. The lowest BCUT2D eigenvalue weighted by Crippen LogP contribution is -2.51. The fourth-order valence-electron chi connectivity index (χ4n) is 11.4. The van der Waals surface area contributed by atoms with E-state index in [4.69, 9.17) is 9.47 Å². The Kier molecular flexibility index (Phi) is 17.1. The van der Waals surface area contributed by atoms with Crippen molar-refractivity contribution in [2.75, 3.05) is 6.61 Å². The molecule has 0 spiro atoms. The maximum Gasteiger partial charge on any atom is 0.508 e. The Morgan fingerprint density at radius 3 is 2.16 bits per heavy atom. The molecule has 0 aromatic heterocycles. The van der Waals surface area contributed by atoms with E-state index in [9.17, 15) is 4.79 Å². The van der Waals surface area contributed by atoms with E-state index in [1.807, 2.05) is 0 Å². The van der Waals surface area contributed by atoms with E-state index in [0.29, 0.717) is 17.4 Å². The van der Waals surface area contributed by atoms with Gasteiger partial charge in [-0.3, -0.25) is 0 Å². The molecule has 8 atom stereocenters. The first-order chi connectivity index (χ1) is 23.7. The summed E-state index contributed by atoms with van der Waals surface area (Å²) in [6.07, 6.45) is 39.2. The van der Waals surface area contributed by atoms with Gasteiger partial charge in [-0.2, -0.15) is 0 Å². The molecule has 0 N–H and O–H groups in total. The van der Waals surface area contributed by atoms with Crippen LogP contribution in [0.15, 0.2) is 23.8 Å². The molecule has 0 saturated heterocycles. The van der Waals surface area contributed by atoms with E-state index >= 15 is 0 Å². The highest BCUT2D eigenvalue weighted by molar-refractivity contribution is 5.60. The third-order valence-corrected chi connectivity index (χ3v) is 14.4. The SMILES string of the molecule is CCCCCCCC/C=C\CCCCCCCCOC(=O)OC1CC[C@@]2(C)C(=CCC3C2CC[C@@]2(C)C3CC[C@@H]2[C@H](C)CCCC(C)C)C1. The van der Waals surface area contributed by atoms with Crippen molar-refractivity contribution < 1.29 is 14.3 Å². The Bertz CT molecular complexity index is 1010. The second-order valence-corrected chi connectivity index (χ2v) is 18.3. The number of carbonyl (C=O) groups excluding carboxylic acids is 1. The molecule has 3 fully saturated rings. The van der Waals surface area contributed by atoms with Crippen molar-refractivity contribution in [3.8, 4) is 0 Å². The number of carbonyl (C=O) groups is 1. The number of hydrogen-bond acceptors (Lipinski definition) is 3. The monoisotopic (exact) mass is 681 g/mol. The van der Waals surface area contributed by atoms with Gasteiger partial charge in [-0.15, -0.1) is 0 Å². The summed E-state index contributed by atoms with van der Waals surface area (Å²) < 4.78 is 11.5. The molecule has 0 bridgehead atoms. The standard InChI is InChI=1S/C46H80O3/c1-7-8-9-10-11-12-13-14-15-16-17-18-19-20-21-22-34-48-44(47)49-39-30-32-45(5)38(35-39)26-27-40-42-29-28-41(37(4)25-23-24-36(2)3)46(42,6)33-31-43(40)45/h14-15,26,36-37,39-43H,7-13,16-25,27-35H2,1-6H3/b15-14-/t37-,39?,40?,41-,42?,43?,45+,46-/m1/s1. The smallest absolute Gasteiger partial charge is 0.434 e. The highest BCUT2D eigenvalue weighted by atomic mass is 16.7. The molecule has 3 saturated carbocycles. The topological polar surface area (TPSA) is 35.5 Å². The molecule has 4 unspecified atom stereocenters. The van der Waals surface area contributed by atoms with Crippen molar-refractivity contribution in [2.24, 2.45) is 46.3 Å². The van der Waals surface area contributed by atoms with Gasteiger partial charge in [-0.05, 0) is 123 Å². The molecular formula is C46H80O3. The minimum Gasteiger partial charge on any atom is -0.434 e. The number of ether oxygens (including phenoxy) is 2. The molecule has 49 heavy (non-hydrogen) atoms. The van der Waals surface area contributed by atoms with Gasteiger partial charge in [0.05, 0.1) is 6.61 Å². The average Bonchev–Trinajstić information content (AvgIpc) is 3.43. The number of allylic oxidation sites excluding steroid dienone is 3. The van der Waals surface area contributed by atoms with Gasteiger partial charge in [-0.1, -0.05) is 142 Å². The maximum atomic E-state index is 12.6. The Morgan fingerprint density at radius 1 is 0.796 bits per heavy atom. The van der Waals surface area contributed by atoms with E-state index in [1.54, 1.807) is 5.57 Å². The van der Waals surface area contributed by atoms with Gasteiger partial charge in [0, 0.05) is 6.42 Å². The van der Waals surface area contributed by atoms with Crippen LogP contribution in [0.4, 0.5) is 4.79 Å². The largest absolute Gasteiger partial charge is 0.508 e. The summed E-state index contributed by atoms with van der Waals surface area (Å²) in [4.78, 5) is 12.6. The van der Waals surface area contributed by atoms with Crippen LogP contribution in [0.1, 0.15) is 202 Å². The van der Waals surface area contributed by atoms with Crippen molar-refractivity contribution in [3.63, 3.8) is 0 Å². The van der Waals surface area contributed by atoms with E-state index in [0.717, 1.165) is 67.6 Å². The Hall–Kier alpha value is -1.25. The van der Waals surface area contributed by atoms with Gasteiger partial charge < -0.3 is 9.47 Å². The minimum atomic E-state index is -0.441. The van der Waals surface area contributed by atoms with Gasteiger partial charge in [0.15, 0.2) is 0 Å². The second-order valence-electron chi connectivity index (χ2n) is 18.3. The molecular weight excluding hydrogens is 601 g/mol. The van der Waals surface area contributed by atoms with Crippen LogP contribution >= 0.6 is 0 Å². The third kappa shape index (κ3) is 11.6. The van der Waals surface area contributed by atoms with Crippen LogP contribution in [0.25, 0.3) is 0 Å². The van der Waals surface area contributed by atoms with E-state index in [1.165, 1.54) is 128 Å². The van der Waals surface area contributed by atoms with Crippen molar-refractivity contribution in [3.05, 3.63) is 23.8 Å². The first-order valence-corrected chi connectivity index (χ1v) is 21.9. The quantitative estimate of drug-likeness (QED) is 0.0648. The summed E-state index contributed by atoms with van der Waals surface area (Å²) in [5.41, 5.74) is 2.42. The van der Waals surface area contributed by atoms with Crippen LogP contribution in [0.3, 0.4) is 0 Å². The van der Waals surface area contributed by atoms with Crippen molar-refractivity contribution in [2.45, 2.75) is 208 Å². The number of fused-ring (bicyclic) bond motifs is 5. The number of hydrogen-bond donors (Lipinski definition) is 0. The lowest BCUT2D eigenvalue weighted by atomic mass is 9.47. The molecule has 282 valence electrons. The zero-order valence-electron chi connectivity index (χ0n) is 33.4. The summed E-state index contributed by atoms with van der Waals surface area (Å²) in [7, 11) is 0. The van der Waals surface area contributed by atoms with Gasteiger partial charge in [0.25, 0.3) is 0 Å². The minimum absolute atomic E-state index is 0.0142. The van der Waals surface area contributed by atoms with Crippen molar-refractivity contribution in [1.29, 1.82) is 0 Å². The average molecular weight is 681 g/mol. The zero-order valence-corrected chi connectivity index (χ0v) is 33.4. The van der Waals surface area contributed by atoms with Gasteiger partial charge in [0.2, 0.25) is 0 Å². The number of unbranched alkanes of at least 4 members (excludes halogenated alkanes) is 12. The maximum absolute atomic E-state index is 12.6. The normalized spacial score (nSPS) is 31.7. The lowest BCUT2D eigenvalue weighted by Gasteiger charge is -2.58. The van der Waals surface area contributed by atoms with Crippen LogP contribution in [-0.2, 0) is 9.47 Å². The third-order valence-electron chi connectivity index (χ3n) is 14.4. The van der Waals surface area contributed by atoms with E-state index < -0.39 is 6.16 Å². The van der Waals surface area contributed by atoms with Gasteiger partial charge >= 0.3 is 6.16 Å². The molecule has 3 heteroatoms. The Labute approximate surface area is 304 Å². The fraction of sp³-hybridized carbons (Fsp3) is 0.891. The van der Waals surface area contributed by atoms with Gasteiger partial charge in [-0.25, -0.2) is 4.79 Å². The van der Waals surface area contributed by atoms with Gasteiger partial charge in [0.1, 0.15) is 6.10 Å². The predicted molar refractivity (Wildman–Crippen MR) is 209 cm³/mol. The molecule has 0 aromatic carbocycles. The number of rotatable bonds is 22. The first-order valence-electron chi connectivity index (χ1n) is 21.9. The molecule has 3 nitrogen and oxygen atoms in total. The molecule has 0 radical (unpaired) electrons. The van der Waals surface area contributed by atoms with E-state index in [-0.39, 0.29) is 6.10 Å². The summed E-state index contributed by atoms with van der Waals surface area (Å²) >= 11 is 0. The molecule has 4 aliphatic carbocycles. The van der Waals surface area contributed by atoms with Crippen LogP contribution in [0.2, 0.25) is 0 Å². The molecule has 4 rings (SSSR count). The van der Waals surface area contributed by atoms with Crippen LogP contribution in [0, 0.1) is 46.3 Å². The predicted octanol–water partition coefficient (Wildman–Crippen LogP) is 14.6. The molecule has 0 aliphatic heterocycles. The van der Waals surface area contributed by atoms with Crippen LogP contribution < -0.4 is 0 Å². The van der Waals surface area contributed by atoms with Crippen LogP contribution in [0.5, 0.6) is 0 Å². The summed E-state index contributed by atoms with van der Waals surface area (Å²) in [6, 6.07) is 0. The van der Waals surface area contributed by atoms with Crippen molar-refractivity contribution in [1.82, 2.24) is 0 Å². The summed E-state index contributed by atoms with van der Waals surface area (Å²) in [5.74, 6) is 5.15. The second kappa shape index (κ2) is 20.7. The van der Waals surface area contributed by atoms with E-state index in [2.05, 4.69) is 59.8 Å². The Balaban J connectivity index is 1.08. The fourth-order valence-corrected chi connectivity index (χ4v) is 11.4. The zero-order chi connectivity index (χ0) is 35.1. The highest BCUT2D eigenvalue weighted by Crippen LogP contribution is 2.67. The summed E-state index contributed by atoms with van der Waals surface area (Å²) in [6.45, 7) is 15.4. The Morgan fingerprint density at radius 2 is 1.47 bits per heavy atom. The van der Waals surface area contributed by atoms with Crippen molar-refractivity contribution >= 4 is 6.16 Å². The summed E-state index contributed by atoms with van der Waals surface area (Å²) in [5, 5.41) is 0. The first kappa shape index (κ1) is 40.5. The highest BCUT2D eigenvalue weighted by Gasteiger charge is 2.59. The molecule has 4 aliphatic rings. The molecule has 0 aromatic rings. The van der Waals surface area contributed by atoms with Crippen LogP contribution in [-0.4, -0.2) is 18.9 Å². The molecule has 0 amide bonds.